The van der Waals surface area contributed by atoms with Crippen molar-refractivity contribution in [3.05, 3.63) is 45.9 Å². The number of aliphatic hydroxyl groups excluding tert-OH is 1. The van der Waals surface area contributed by atoms with E-state index in [9.17, 15) is 9.90 Å². The van der Waals surface area contributed by atoms with Crippen LogP contribution in [0.3, 0.4) is 0 Å². The fraction of sp³-hybridized carbons (Fsp3) is 0.471. The quantitative estimate of drug-likeness (QED) is 0.765. The van der Waals surface area contributed by atoms with Crippen LogP contribution in [0.15, 0.2) is 29.8 Å². The van der Waals surface area contributed by atoms with Crippen molar-refractivity contribution in [3.8, 4) is 0 Å². The summed E-state index contributed by atoms with van der Waals surface area (Å²) in [7, 11) is 0. The third kappa shape index (κ3) is 2.59. The Bertz CT molecular complexity index is 623. The molecule has 2 aromatic heterocycles. The SMILES string of the molecule is CCc1[nH]ccc1C(=O)NC(c1cccs1)C1(CO)CCC1. The second-order valence-corrected chi connectivity index (χ2v) is 7.00. The fourth-order valence-electron chi connectivity index (χ4n) is 3.27. The van der Waals surface area contributed by atoms with Crippen LogP contribution in [0.4, 0.5) is 0 Å². The summed E-state index contributed by atoms with van der Waals surface area (Å²) < 4.78 is 0. The predicted molar refractivity (Wildman–Crippen MR) is 88.1 cm³/mol. The molecule has 2 aromatic rings. The molecule has 0 radical (unpaired) electrons. The van der Waals surface area contributed by atoms with Crippen LogP contribution in [-0.2, 0) is 6.42 Å². The maximum atomic E-state index is 12.7. The van der Waals surface area contributed by atoms with Crippen LogP contribution >= 0.6 is 11.3 Å². The molecular formula is C17H22N2O2S. The Morgan fingerprint density at radius 3 is 2.86 bits per heavy atom. The Labute approximate surface area is 134 Å². The average Bonchev–Trinajstić information content (AvgIpc) is 3.16. The first-order valence-corrected chi connectivity index (χ1v) is 8.69. The van der Waals surface area contributed by atoms with Crippen molar-refractivity contribution >= 4 is 17.2 Å². The molecule has 118 valence electrons. The molecule has 1 fully saturated rings. The smallest absolute Gasteiger partial charge is 0.253 e. The second-order valence-electron chi connectivity index (χ2n) is 6.02. The molecule has 3 rings (SSSR count). The molecule has 1 aliphatic rings. The van der Waals surface area contributed by atoms with E-state index in [-0.39, 0.29) is 24.0 Å². The van der Waals surface area contributed by atoms with Crippen LogP contribution in [-0.4, -0.2) is 22.6 Å². The molecule has 0 aliphatic heterocycles. The van der Waals surface area contributed by atoms with Crippen molar-refractivity contribution in [3.63, 3.8) is 0 Å². The number of hydrogen-bond acceptors (Lipinski definition) is 3. The highest BCUT2D eigenvalue weighted by Crippen LogP contribution is 2.50. The van der Waals surface area contributed by atoms with E-state index in [0.29, 0.717) is 5.56 Å². The van der Waals surface area contributed by atoms with E-state index in [1.165, 1.54) is 0 Å². The monoisotopic (exact) mass is 318 g/mol. The second kappa shape index (κ2) is 6.26. The molecule has 22 heavy (non-hydrogen) atoms. The highest BCUT2D eigenvalue weighted by atomic mass is 32.1. The number of H-pyrrole nitrogens is 1. The molecule has 4 nitrogen and oxygen atoms in total. The third-order valence-corrected chi connectivity index (χ3v) is 5.75. The number of hydrogen-bond donors (Lipinski definition) is 3. The summed E-state index contributed by atoms with van der Waals surface area (Å²) in [6.45, 7) is 2.14. The van der Waals surface area contributed by atoms with E-state index in [2.05, 4.69) is 10.3 Å². The minimum atomic E-state index is -0.205. The van der Waals surface area contributed by atoms with Crippen LogP contribution in [0, 0.1) is 5.41 Å². The van der Waals surface area contributed by atoms with Crippen LogP contribution in [0.25, 0.3) is 0 Å². The van der Waals surface area contributed by atoms with Gasteiger partial charge in [-0.2, -0.15) is 0 Å². The Hall–Kier alpha value is -1.59. The van der Waals surface area contributed by atoms with Gasteiger partial charge in [0.15, 0.2) is 0 Å². The van der Waals surface area contributed by atoms with Gasteiger partial charge in [0.25, 0.3) is 5.91 Å². The van der Waals surface area contributed by atoms with E-state index < -0.39 is 0 Å². The van der Waals surface area contributed by atoms with E-state index in [4.69, 9.17) is 0 Å². The molecule has 1 saturated carbocycles. The lowest BCUT2D eigenvalue weighted by atomic mass is 9.64. The van der Waals surface area contributed by atoms with E-state index in [1.807, 2.05) is 30.5 Å². The van der Waals surface area contributed by atoms with E-state index in [0.717, 1.165) is 36.3 Å². The Balaban J connectivity index is 1.86. The Morgan fingerprint density at radius 2 is 2.32 bits per heavy atom. The zero-order valence-electron chi connectivity index (χ0n) is 12.8. The van der Waals surface area contributed by atoms with Crippen molar-refractivity contribution in [2.24, 2.45) is 5.41 Å². The first kappa shape index (κ1) is 15.3. The van der Waals surface area contributed by atoms with Gasteiger partial charge in [0.05, 0.1) is 18.2 Å². The van der Waals surface area contributed by atoms with Crippen molar-refractivity contribution in [1.29, 1.82) is 0 Å². The highest BCUT2D eigenvalue weighted by Gasteiger charge is 2.45. The summed E-state index contributed by atoms with van der Waals surface area (Å²) in [5, 5.41) is 15.1. The Morgan fingerprint density at radius 1 is 1.50 bits per heavy atom. The van der Waals surface area contributed by atoms with Gasteiger partial charge in [-0.3, -0.25) is 4.79 Å². The van der Waals surface area contributed by atoms with Gasteiger partial charge in [0.1, 0.15) is 0 Å². The number of aromatic nitrogens is 1. The van der Waals surface area contributed by atoms with Crippen LogP contribution in [0.1, 0.15) is 53.2 Å². The molecule has 2 heterocycles. The molecule has 3 N–H and O–H groups in total. The lowest BCUT2D eigenvalue weighted by Gasteiger charge is -2.46. The van der Waals surface area contributed by atoms with Crippen molar-refractivity contribution in [2.45, 2.75) is 38.6 Å². The minimum Gasteiger partial charge on any atom is -0.396 e. The third-order valence-electron chi connectivity index (χ3n) is 4.81. The first-order valence-electron chi connectivity index (χ1n) is 7.81. The maximum Gasteiger partial charge on any atom is 0.253 e. The molecule has 1 aliphatic carbocycles. The molecule has 0 spiro atoms. The summed E-state index contributed by atoms with van der Waals surface area (Å²) in [6, 6.07) is 5.75. The molecule has 0 saturated heterocycles. The summed E-state index contributed by atoms with van der Waals surface area (Å²) >= 11 is 1.64. The molecule has 5 heteroatoms. The van der Waals surface area contributed by atoms with Crippen molar-refractivity contribution in [1.82, 2.24) is 10.3 Å². The van der Waals surface area contributed by atoms with Crippen LogP contribution < -0.4 is 5.32 Å². The molecule has 1 unspecified atom stereocenters. The number of nitrogens with one attached hydrogen (secondary N) is 2. The van der Waals surface area contributed by atoms with Gasteiger partial charge in [0.2, 0.25) is 0 Å². The highest BCUT2D eigenvalue weighted by molar-refractivity contribution is 7.10. The summed E-state index contributed by atoms with van der Waals surface area (Å²) in [4.78, 5) is 16.9. The molecule has 1 atom stereocenters. The maximum absolute atomic E-state index is 12.7. The molecule has 0 bridgehead atoms. The standard InChI is InChI=1S/C17H22N2O2S/c1-2-13-12(6-9-18-13)16(21)19-15(14-5-3-10-22-14)17(11-20)7-4-8-17/h3,5-6,9-10,15,18,20H,2,4,7-8,11H2,1H3,(H,19,21). The zero-order valence-corrected chi connectivity index (χ0v) is 13.6. The number of aliphatic hydroxyl groups is 1. The van der Waals surface area contributed by atoms with Gasteiger partial charge in [-0.15, -0.1) is 11.3 Å². The number of aromatic amines is 1. The summed E-state index contributed by atoms with van der Waals surface area (Å²) in [5.74, 6) is -0.0591. The van der Waals surface area contributed by atoms with E-state index in [1.54, 1.807) is 17.5 Å². The predicted octanol–water partition coefficient (Wildman–Crippen LogP) is 3.27. The average molecular weight is 318 g/mol. The van der Waals surface area contributed by atoms with Gasteiger partial charge in [0, 0.05) is 22.2 Å². The molecule has 0 aromatic carbocycles. The lowest BCUT2D eigenvalue weighted by molar-refractivity contribution is 0.00710. The topological polar surface area (TPSA) is 65.1 Å². The van der Waals surface area contributed by atoms with Crippen molar-refractivity contribution < 1.29 is 9.90 Å². The Kier molecular flexibility index (Phi) is 4.36. The van der Waals surface area contributed by atoms with Crippen LogP contribution in [0.2, 0.25) is 0 Å². The molecular weight excluding hydrogens is 296 g/mol. The minimum absolute atomic E-state index is 0.0591. The van der Waals surface area contributed by atoms with E-state index >= 15 is 0 Å². The number of amides is 1. The van der Waals surface area contributed by atoms with Gasteiger partial charge >= 0.3 is 0 Å². The number of carbonyl (C=O) groups is 1. The summed E-state index contributed by atoms with van der Waals surface area (Å²) in [5.41, 5.74) is 1.45. The zero-order chi connectivity index (χ0) is 15.6. The van der Waals surface area contributed by atoms with Gasteiger partial charge in [-0.05, 0) is 36.8 Å². The number of rotatable bonds is 6. The number of aryl methyl sites for hydroxylation is 1. The van der Waals surface area contributed by atoms with Gasteiger partial charge in [-0.25, -0.2) is 0 Å². The number of thiophene rings is 1. The molecule has 1 amide bonds. The van der Waals surface area contributed by atoms with Crippen molar-refractivity contribution in [2.75, 3.05) is 6.61 Å². The van der Waals surface area contributed by atoms with Gasteiger partial charge < -0.3 is 15.4 Å². The van der Waals surface area contributed by atoms with Gasteiger partial charge in [-0.1, -0.05) is 19.4 Å². The number of carbonyl (C=O) groups excluding carboxylic acids is 1. The fourth-order valence-corrected chi connectivity index (χ4v) is 4.18. The largest absolute Gasteiger partial charge is 0.396 e. The normalized spacial score (nSPS) is 17.7. The van der Waals surface area contributed by atoms with Crippen LogP contribution in [0.5, 0.6) is 0 Å². The first-order chi connectivity index (χ1) is 10.7. The lowest BCUT2D eigenvalue weighted by Crippen LogP contribution is -2.47. The summed E-state index contributed by atoms with van der Waals surface area (Å²) in [6.07, 6.45) is 5.63.